The van der Waals surface area contributed by atoms with E-state index in [1.807, 2.05) is 0 Å². The van der Waals surface area contributed by atoms with E-state index >= 15 is 0 Å². The molecule has 1 N–H and O–H groups in total. The van der Waals surface area contributed by atoms with Crippen LogP contribution in [-0.2, 0) is 16.1 Å². The van der Waals surface area contributed by atoms with Gasteiger partial charge in [0.15, 0.2) is 0 Å². The molecule has 0 saturated carbocycles. The Kier molecular flexibility index (Phi) is 5.29. The van der Waals surface area contributed by atoms with Gasteiger partial charge < -0.3 is 18.9 Å². The Hall–Kier alpha value is -4.67. The Bertz CT molecular complexity index is 1250. The topological polar surface area (TPSA) is 145 Å². The number of methoxy groups -OCH3 is 1. The number of benzene rings is 1. The largest absolute Gasteiger partial charge is 0.463 e. The summed E-state index contributed by atoms with van der Waals surface area (Å²) in [6.45, 7) is -0.175. The number of hydrogen-bond donors (Lipinski definition) is 1. The van der Waals surface area contributed by atoms with E-state index in [0.29, 0.717) is 17.1 Å². The van der Waals surface area contributed by atoms with Gasteiger partial charge in [-0.1, -0.05) is 0 Å². The summed E-state index contributed by atoms with van der Waals surface area (Å²) in [5.74, 6) is -0.343. The summed E-state index contributed by atoms with van der Waals surface area (Å²) in [7, 11) is 1.21. The van der Waals surface area contributed by atoms with Crippen molar-refractivity contribution in [3.63, 3.8) is 0 Å². The van der Waals surface area contributed by atoms with Gasteiger partial charge in [-0.05, 0) is 36.4 Å². The number of carbonyl (C=O) groups is 3. The summed E-state index contributed by atoms with van der Waals surface area (Å²) in [4.78, 5) is 47.5. The number of nitro groups is 1. The molecule has 1 fully saturated rings. The lowest BCUT2D eigenvalue weighted by Crippen LogP contribution is -2.30. The van der Waals surface area contributed by atoms with E-state index in [4.69, 9.17) is 8.83 Å². The molecule has 4 rings (SSSR count). The number of furan rings is 2. The van der Waals surface area contributed by atoms with Gasteiger partial charge in [-0.3, -0.25) is 19.8 Å². The zero-order valence-electron chi connectivity index (χ0n) is 16.6. The van der Waals surface area contributed by atoms with Gasteiger partial charge in [0.1, 0.15) is 23.0 Å². The Morgan fingerprint density at radius 2 is 1.88 bits per heavy atom. The molecule has 11 nitrogen and oxygen atoms in total. The van der Waals surface area contributed by atoms with Crippen LogP contribution >= 0.6 is 0 Å². The molecule has 0 radical (unpaired) electrons. The molecule has 0 aliphatic carbocycles. The van der Waals surface area contributed by atoms with Gasteiger partial charge in [0.2, 0.25) is 5.76 Å². The number of hydrogen-bond acceptors (Lipinski definition) is 8. The molecule has 0 bridgehead atoms. The third-order valence-corrected chi connectivity index (χ3v) is 4.60. The second kappa shape index (κ2) is 8.22. The molecule has 32 heavy (non-hydrogen) atoms. The monoisotopic (exact) mass is 437 g/mol. The van der Waals surface area contributed by atoms with Crippen LogP contribution in [0.2, 0.25) is 0 Å². The summed E-state index contributed by atoms with van der Waals surface area (Å²) < 4.78 is 15.5. The Labute approximate surface area is 180 Å². The molecule has 1 aliphatic heterocycles. The van der Waals surface area contributed by atoms with E-state index in [1.165, 1.54) is 37.5 Å². The van der Waals surface area contributed by atoms with E-state index in [0.717, 1.165) is 4.90 Å². The van der Waals surface area contributed by atoms with Crippen molar-refractivity contribution in [2.24, 2.45) is 0 Å². The van der Waals surface area contributed by atoms with Crippen LogP contribution in [0.1, 0.15) is 22.1 Å². The lowest BCUT2D eigenvalue weighted by molar-refractivity contribution is -0.384. The molecular weight excluding hydrogens is 422 g/mol. The molecule has 0 unspecified atom stereocenters. The molecule has 3 aromatic rings. The van der Waals surface area contributed by atoms with Gasteiger partial charge in [-0.15, -0.1) is 0 Å². The number of amides is 3. The van der Waals surface area contributed by atoms with Crippen LogP contribution in [0.4, 0.5) is 10.5 Å². The van der Waals surface area contributed by atoms with E-state index in [9.17, 15) is 24.5 Å². The van der Waals surface area contributed by atoms with E-state index in [-0.39, 0.29) is 29.4 Å². The van der Waals surface area contributed by atoms with Crippen LogP contribution in [0.15, 0.2) is 63.1 Å². The lowest BCUT2D eigenvalue weighted by Gasteiger charge is -2.09. The van der Waals surface area contributed by atoms with Crippen molar-refractivity contribution in [1.29, 1.82) is 0 Å². The zero-order valence-corrected chi connectivity index (χ0v) is 16.6. The van der Waals surface area contributed by atoms with Crippen molar-refractivity contribution in [3.8, 4) is 11.3 Å². The Balaban J connectivity index is 1.49. The van der Waals surface area contributed by atoms with Gasteiger partial charge in [-0.2, -0.15) is 0 Å². The van der Waals surface area contributed by atoms with Gasteiger partial charge in [-0.25, -0.2) is 9.59 Å². The summed E-state index contributed by atoms with van der Waals surface area (Å²) in [6, 6.07) is 11.2. The van der Waals surface area contributed by atoms with Crippen LogP contribution in [-0.4, -0.2) is 34.8 Å². The van der Waals surface area contributed by atoms with Crippen LogP contribution in [0.5, 0.6) is 0 Å². The smallest absolute Gasteiger partial charge is 0.373 e. The third kappa shape index (κ3) is 3.99. The number of rotatable bonds is 6. The van der Waals surface area contributed by atoms with Crippen molar-refractivity contribution in [2.75, 3.05) is 7.11 Å². The predicted molar refractivity (Wildman–Crippen MR) is 108 cm³/mol. The number of urea groups is 1. The first-order valence-corrected chi connectivity index (χ1v) is 9.22. The van der Waals surface area contributed by atoms with Crippen molar-refractivity contribution in [2.45, 2.75) is 6.54 Å². The van der Waals surface area contributed by atoms with E-state index < -0.39 is 22.8 Å². The maximum absolute atomic E-state index is 12.6. The van der Waals surface area contributed by atoms with Crippen molar-refractivity contribution in [1.82, 2.24) is 10.2 Å². The average molecular weight is 437 g/mol. The summed E-state index contributed by atoms with van der Waals surface area (Å²) in [5, 5.41) is 13.2. The third-order valence-electron chi connectivity index (χ3n) is 4.60. The highest BCUT2D eigenvalue weighted by Crippen LogP contribution is 2.26. The fourth-order valence-corrected chi connectivity index (χ4v) is 3.02. The number of nitro benzene ring substituents is 1. The lowest BCUT2D eigenvalue weighted by atomic mass is 10.1. The molecule has 1 aliphatic rings. The fraction of sp³-hybridized carbons (Fsp3) is 0.0952. The summed E-state index contributed by atoms with van der Waals surface area (Å²) in [6.07, 6.45) is 1.37. The van der Waals surface area contributed by atoms with Crippen LogP contribution in [0.25, 0.3) is 17.4 Å². The first kappa shape index (κ1) is 20.6. The number of ether oxygens (including phenoxy) is 1. The minimum Gasteiger partial charge on any atom is -0.463 e. The van der Waals surface area contributed by atoms with Crippen LogP contribution in [0, 0.1) is 10.1 Å². The van der Waals surface area contributed by atoms with Crippen molar-refractivity contribution < 1.29 is 32.9 Å². The van der Waals surface area contributed by atoms with E-state index in [2.05, 4.69) is 10.1 Å². The molecule has 0 spiro atoms. The Morgan fingerprint density at radius 1 is 1.12 bits per heavy atom. The van der Waals surface area contributed by atoms with Crippen LogP contribution in [0.3, 0.4) is 0 Å². The summed E-state index contributed by atoms with van der Waals surface area (Å²) in [5.41, 5.74) is 0.569. The maximum Gasteiger partial charge on any atom is 0.373 e. The first-order valence-electron chi connectivity index (χ1n) is 9.22. The number of imide groups is 1. The number of non-ortho nitro benzene ring substituents is 1. The quantitative estimate of drug-likeness (QED) is 0.203. The molecule has 162 valence electrons. The van der Waals surface area contributed by atoms with Gasteiger partial charge in [0, 0.05) is 23.8 Å². The normalized spacial score (nSPS) is 14.7. The highest BCUT2D eigenvalue weighted by Gasteiger charge is 2.34. The predicted octanol–water partition coefficient (Wildman–Crippen LogP) is 3.33. The molecule has 11 heteroatoms. The van der Waals surface area contributed by atoms with Crippen molar-refractivity contribution in [3.05, 3.63) is 81.6 Å². The van der Waals surface area contributed by atoms with Gasteiger partial charge >= 0.3 is 12.0 Å². The molecule has 2 aromatic heterocycles. The molecule has 3 amide bonds. The second-order valence-corrected chi connectivity index (χ2v) is 6.64. The maximum atomic E-state index is 12.6. The van der Waals surface area contributed by atoms with Crippen LogP contribution < -0.4 is 5.32 Å². The SMILES string of the molecule is COC(=O)c1ccc(CN2C(=O)N/C(=C\c3ccc(-c4ccc([N+](=O)[O-])cc4)o3)C2=O)o1. The fourth-order valence-electron chi connectivity index (χ4n) is 3.02. The number of esters is 1. The highest BCUT2D eigenvalue weighted by atomic mass is 16.6. The minimum absolute atomic E-state index is 0.000605. The van der Waals surface area contributed by atoms with Gasteiger partial charge in [0.25, 0.3) is 11.6 Å². The van der Waals surface area contributed by atoms with Crippen molar-refractivity contribution >= 4 is 29.7 Å². The molecule has 1 saturated heterocycles. The zero-order chi connectivity index (χ0) is 22.8. The number of nitrogens with one attached hydrogen (secondary N) is 1. The number of nitrogens with zero attached hydrogens (tertiary/aromatic N) is 2. The Morgan fingerprint density at radius 3 is 2.56 bits per heavy atom. The highest BCUT2D eigenvalue weighted by molar-refractivity contribution is 6.13. The summed E-state index contributed by atoms with van der Waals surface area (Å²) >= 11 is 0. The van der Waals surface area contributed by atoms with Gasteiger partial charge in [0.05, 0.1) is 18.6 Å². The second-order valence-electron chi connectivity index (χ2n) is 6.64. The minimum atomic E-state index is -0.671. The average Bonchev–Trinajstić information content (AvgIpc) is 3.50. The molecule has 3 heterocycles. The molecule has 1 aromatic carbocycles. The standard InChI is InChI=1S/C21H15N3O8/c1-30-20(26)18-9-7-15(32-18)11-23-19(25)16(22-21(23)27)10-14-6-8-17(31-14)12-2-4-13(5-3-12)24(28)29/h2-10H,11H2,1H3,(H,22,27)/b16-10-. The first-order chi connectivity index (χ1) is 15.4. The number of carbonyl (C=O) groups excluding carboxylic acids is 3. The molecular formula is C21H15N3O8. The molecule has 0 atom stereocenters. The van der Waals surface area contributed by atoms with E-state index in [1.54, 1.807) is 24.3 Å².